The molecule has 0 aliphatic carbocycles. The average molecular weight is 330 g/mol. The van der Waals surface area contributed by atoms with E-state index >= 15 is 0 Å². The number of carbonyl (C=O) groups is 1. The molecular weight excluding hydrogens is 308 g/mol. The SMILES string of the molecule is CC(=O)c1ccccc1.Nc1cccc(C=Cc2ccccc2)c1N. The number of Topliss-reactive ketones (excluding diaryl/α,β-unsaturated/α-hetero) is 1. The third kappa shape index (κ3) is 5.66. The lowest BCUT2D eigenvalue weighted by molar-refractivity contribution is 0.101. The average Bonchev–Trinajstić information content (AvgIpc) is 2.65. The van der Waals surface area contributed by atoms with Crippen LogP contribution >= 0.6 is 0 Å². The molecule has 3 aromatic carbocycles. The quantitative estimate of drug-likeness (QED) is 0.407. The lowest BCUT2D eigenvalue weighted by atomic mass is 10.1. The highest BCUT2D eigenvalue weighted by atomic mass is 16.1. The number of para-hydroxylation sites is 1. The van der Waals surface area contributed by atoms with E-state index in [9.17, 15) is 4.79 Å². The molecule has 25 heavy (non-hydrogen) atoms. The van der Waals surface area contributed by atoms with Crippen molar-refractivity contribution in [1.29, 1.82) is 0 Å². The van der Waals surface area contributed by atoms with Crippen molar-refractivity contribution in [1.82, 2.24) is 0 Å². The number of anilines is 2. The van der Waals surface area contributed by atoms with Crippen LogP contribution in [0.1, 0.15) is 28.4 Å². The van der Waals surface area contributed by atoms with Gasteiger partial charge in [0.15, 0.2) is 5.78 Å². The minimum Gasteiger partial charge on any atom is -0.397 e. The van der Waals surface area contributed by atoms with Gasteiger partial charge in [-0.05, 0) is 24.1 Å². The Morgan fingerprint density at radius 1 is 0.760 bits per heavy atom. The van der Waals surface area contributed by atoms with Crippen molar-refractivity contribution in [2.24, 2.45) is 0 Å². The van der Waals surface area contributed by atoms with Crippen molar-refractivity contribution in [3.8, 4) is 0 Å². The van der Waals surface area contributed by atoms with E-state index in [-0.39, 0.29) is 5.78 Å². The summed E-state index contributed by atoms with van der Waals surface area (Å²) >= 11 is 0. The first-order valence-electron chi connectivity index (χ1n) is 8.01. The summed E-state index contributed by atoms with van der Waals surface area (Å²) in [7, 11) is 0. The van der Waals surface area contributed by atoms with Crippen LogP contribution in [0.2, 0.25) is 0 Å². The molecule has 0 aromatic heterocycles. The van der Waals surface area contributed by atoms with Gasteiger partial charge in [0.2, 0.25) is 0 Å². The van der Waals surface area contributed by atoms with Crippen LogP contribution in [-0.4, -0.2) is 5.78 Å². The molecular formula is C22H22N2O. The maximum Gasteiger partial charge on any atom is 0.159 e. The molecule has 0 saturated heterocycles. The Hall–Kier alpha value is -3.33. The second-order valence-electron chi connectivity index (χ2n) is 5.52. The van der Waals surface area contributed by atoms with Crippen LogP contribution in [0.3, 0.4) is 0 Å². The number of hydrogen-bond donors (Lipinski definition) is 2. The fourth-order valence-electron chi connectivity index (χ4n) is 2.17. The van der Waals surface area contributed by atoms with Crippen LogP contribution in [-0.2, 0) is 0 Å². The number of hydrogen-bond acceptors (Lipinski definition) is 3. The van der Waals surface area contributed by atoms with Gasteiger partial charge in [-0.2, -0.15) is 0 Å². The van der Waals surface area contributed by atoms with Crippen LogP contribution in [0.25, 0.3) is 12.2 Å². The summed E-state index contributed by atoms with van der Waals surface area (Å²) in [4.78, 5) is 10.6. The van der Waals surface area contributed by atoms with E-state index in [1.807, 2.05) is 84.9 Å². The minimum absolute atomic E-state index is 0.121. The predicted molar refractivity (Wildman–Crippen MR) is 107 cm³/mol. The molecule has 3 nitrogen and oxygen atoms in total. The molecule has 0 aliphatic heterocycles. The molecule has 3 aromatic rings. The van der Waals surface area contributed by atoms with Gasteiger partial charge in [-0.25, -0.2) is 0 Å². The minimum atomic E-state index is 0.121. The van der Waals surface area contributed by atoms with E-state index in [0.717, 1.165) is 16.7 Å². The second kappa shape index (κ2) is 9.08. The molecule has 0 spiro atoms. The molecule has 3 heteroatoms. The van der Waals surface area contributed by atoms with Gasteiger partial charge in [-0.1, -0.05) is 84.9 Å². The fraction of sp³-hybridized carbons (Fsp3) is 0.0455. The molecule has 0 heterocycles. The van der Waals surface area contributed by atoms with Gasteiger partial charge in [0, 0.05) is 5.56 Å². The Morgan fingerprint density at radius 2 is 1.36 bits per heavy atom. The zero-order chi connectivity index (χ0) is 18.1. The highest BCUT2D eigenvalue weighted by Gasteiger charge is 1.97. The monoisotopic (exact) mass is 330 g/mol. The zero-order valence-corrected chi connectivity index (χ0v) is 14.2. The Morgan fingerprint density at radius 3 is 1.92 bits per heavy atom. The van der Waals surface area contributed by atoms with Crippen LogP contribution in [0, 0.1) is 0 Å². The van der Waals surface area contributed by atoms with Gasteiger partial charge in [0.05, 0.1) is 11.4 Å². The van der Waals surface area contributed by atoms with E-state index in [2.05, 4.69) is 0 Å². The number of nitrogens with two attached hydrogens (primary N) is 2. The van der Waals surface area contributed by atoms with Gasteiger partial charge in [0.1, 0.15) is 0 Å². The third-order valence-corrected chi connectivity index (χ3v) is 3.61. The van der Waals surface area contributed by atoms with Gasteiger partial charge in [-0.15, -0.1) is 0 Å². The van der Waals surface area contributed by atoms with E-state index in [4.69, 9.17) is 11.5 Å². The van der Waals surface area contributed by atoms with Crippen molar-refractivity contribution in [3.63, 3.8) is 0 Å². The molecule has 0 fully saturated rings. The second-order valence-corrected chi connectivity index (χ2v) is 5.52. The summed E-state index contributed by atoms with van der Waals surface area (Å²) in [6.45, 7) is 1.56. The van der Waals surface area contributed by atoms with Crippen molar-refractivity contribution < 1.29 is 4.79 Å². The van der Waals surface area contributed by atoms with E-state index in [0.29, 0.717) is 11.4 Å². The summed E-state index contributed by atoms with van der Waals surface area (Å²) in [6.07, 6.45) is 3.99. The van der Waals surface area contributed by atoms with Crippen molar-refractivity contribution in [2.75, 3.05) is 11.5 Å². The number of rotatable bonds is 3. The molecule has 0 amide bonds. The van der Waals surface area contributed by atoms with Gasteiger partial charge < -0.3 is 11.5 Å². The Balaban J connectivity index is 0.000000212. The summed E-state index contributed by atoms with van der Waals surface area (Å²) in [6, 6.07) is 25.0. The third-order valence-electron chi connectivity index (χ3n) is 3.61. The van der Waals surface area contributed by atoms with Crippen LogP contribution in [0.4, 0.5) is 11.4 Å². The van der Waals surface area contributed by atoms with Crippen molar-refractivity contribution in [2.45, 2.75) is 6.92 Å². The Labute approximate surface area is 148 Å². The maximum absolute atomic E-state index is 10.6. The number of nitrogen functional groups attached to an aromatic ring is 2. The normalized spacial score (nSPS) is 10.1. The molecule has 0 saturated carbocycles. The highest BCUT2D eigenvalue weighted by Crippen LogP contribution is 2.21. The fourth-order valence-corrected chi connectivity index (χ4v) is 2.17. The lowest BCUT2D eigenvalue weighted by Gasteiger charge is -2.03. The van der Waals surface area contributed by atoms with Gasteiger partial charge in [-0.3, -0.25) is 4.79 Å². The number of benzene rings is 3. The number of ketones is 1. The molecule has 4 N–H and O–H groups in total. The first kappa shape index (κ1) is 18.0. The highest BCUT2D eigenvalue weighted by molar-refractivity contribution is 5.93. The first-order chi connectivity index (χ1) is 12.1. The first-order valence-corrected chi connectivity index (χ1v) is 8.01. The van der Waals surface area contributed by atoms with E-state index < -0.39 is 0 Å². The van der Waals surface area contributed by atoms with Gasteiger partial charge >= 0.3 is 0 Å². The molecule has 0 aliphatic rings. The van der Waals surface area contributed by atoms with Gasteiger partial charge in [0.25, 0.3) is 0 Å². The number of carbonyl (C=O) groups excluding carboxylic acids is 1. The summed E-state index contributed by atoms with van der Waals surface area (Å²) in [5.74, 6) is 0.121. The molecule has 0 atom stereocenters. The molecule has 126 valence electrons. The van der Waals surface area contributed by atoms with Crippen LogP contribution < -0.4 is 11.5 Å². The molecule has 3 rings (SSSR count). The van der Waals surface area contributed by atoms with E-state index in [1.54, 1.807) is 13.0 Å². The topological polar surface area (TPSA) is 69.1 Å². The largest absolute Gasteiger partial charge is 0.397 e. The van der Waals surface area contributed by atoms with Crippen molar-refractivity contribution in [3.05, 3.63) is 95.6 Å². The summed E-state index contributed by atoms with van der Waals surface area (Å²) < 4.78 is 0. The molecule has 0 radical (unpaired) electrons. The molecule has 0 unspecified atom stereocenters. The predicted octanol–water partition coefficient (Wildman–Crippen LogP) is 4.91. The summed E-state index contributed by atoms with van der Waals surface area (Å²) in [5, 5.41) is 0. The standard InChI is InChI=1S/C14H14N2.C8H8O/c15-13-8-4-7-12(14(13)16)10-9-11-5-2-1-3-6-11;1-7(9)8-5-3-2-4-6-8/h1-10H,15-16H2;2-6H,1H3. The lowest BCUT2D eigenvalue weighted by Crippen LogP contribution is -1.96. The Kier molecular flexibility index (Phi) is 6.55. The van der Waals surface area contributed by atoms with Crippen LogP contribution in [0.15, 0.2) is 78.9 Å². The van der Waals surface area contributed by atoms with Crippen LogP contribution in [0.5, 0.6) is 0 Å². The smallest absolute Gasteiger partial charge is 0.159 e. The summed E-state index contributed by atoms with van der Waals surface area (Å²) in [5.41, 5.74) is 15.7. The maximum atomic E-state index is 10.6. The Bertz CT molecular complexity index is 840. The van der Waals surface area contributed by atoms with E-state index in [1.165, 1.54) is 0 Å². The zero-order valence-electron chi connectivity index (χ0n) is 14.2. The molecule has 0 bridgehead atoms. The van der Waals surface area contributed by atoms with Crippen molar-refractivity contribution >= 4 is 29.3 Å².